The lowest BCUT2D eigenvalue weighted by molar-refractivity contribution is -0.139. The third kappa shape index (κ3) is 4.18. The van der Waals surface area contributed by atoms with Crippen LogP contribution < -0.4 is 5.32 Å². The zero-order chi connectivity index (χ0) is 12.2. The Morgan fingerprint density at radius 3 is 2.69 bits per heavy atom. The van der Waals surface area contributed by atoms with Gasteiger partial charge in [0.05, 0.1) is 18.9 Å². The molecule has 0 radical (unpaired) electrons. The molecule has 0 spiro atoms. The maximum atomic E-state index is 11.8. The van der Waals surface area contributed by atoms with Crippen molar-refractivity contribution < 1.29 is 19.4 Å². The van der Waals surface area contributed by atoms with Gasteiger partial charge in [-0.15, -0.1) is 0 Å². The molecule has 0 aliphatic carbocycles. The summed E-state index contributed by atoms with van der Waals surface area (Å²) in [4.78, 5) is 22.4. The smallest absolute Gasteiger partial charge is 0.305 e. The number of carboxylic acid groups (broad SMARTS) is 1. The molecular formula is C11H19NO4. The first-order chi connectivity index (χ1) is 7.41. The Morgan fingerprint density at radius 2 is 2.19 bits per heavy atom. The van der Waals surface area contributed by atoms with Crippen molar-refractivity contribution in [1.29, 1.82) is 0 Å². The van der Waals surface area contributed by atoms with Gasteiger partial charge in [-0.25, -0.2) is 0 Å². The summed E-state index contributed by atoms with van der Waals surface area (Å²) in [5.74, 6) is -1.15. The van der Waals surface area contributed by atoms with E-state index < -0.39 is 11.5 Å². The van der Waals surface area contributed by atoms with E-state index in [4.69, 9.17) is 9.84 Å². The average molecular weight is 229 g/mol. The lowest BCUT2D eigenvalue weighted by Crippen LogP contribution is -2.48. The molecule has 1 amide bonds. The Labute approximate surface area is 95.2 Å². The Balaban J connectivity index is 2.45. The summed E-state index contributed by atoms with van der Waals surface area (Å²) >= 11 is 0. The molecule has 1 heterocycles. The fraction of sp³-hybridized carbons (Fsp3) is 0.818. The fourth-order valence-corrected chi connectivity index (χ4v) is 1.81. The predicted octanol–water partition coefficient (Wildman–Crippen LogP) is 0.782. The van der Waals surface area contributed by atoms with Crippen molar-refractivity contribution in [3.63, 3.8) is 0 Å². The molecule has 2 N–H and O–H groups in total. The Bertz CT molecular complexity index is 269. The second kappa shape index (κ2) is 5.30. The van der Waals surface area contributed by atoms with Gasteiger partial charge in [-0.05, 0) is 26.7 Å². The maximum Gasteiger partial charge on any atom is 0.305 e. The van der Waals surface area contributed by atoms with Crippen molar-refractivity contribution in [1.82, 2.24) is 5.32 Å². The van der Waals surface area contributed by atoms with Crippen LogP contribution in [-0.4, -0.2) is 35.7 Å². The van der Waals surface area contributed by atoms with E-state index in [-0.39, 0.29) is 18.2 Å². The van der Waals surface area contributed by atoms with Gasteiger partial charge in [-0.1, -0.05) is 0 Å². The van der Waals surface area contributed by atoms with Crippen LogP contribution in [0.4, 0.5) is 0 Å². The van der Waals surface area contributed by atoms with Crippen molar-refractivity contribution in [2.24, 2.45) is 5.92 Å². The van der Waals surface area contributed by atoms with Crippen LogP contribution in [-0.2, 0) is 14.3 Å². The Morgan fingerprint density at radius 1 is 1.50 bits per heavy atom. The molecule has 0 aromatic heterocycles. The van der Waals surface area contributed by atoms with Crippen LogP contribution >= 0.6 is 0 Å². The highest BCUT2D eigenvalue weighted by molar-refractivity contribution is 5.80. The van der Waals surface area contributed by atoms with E-state index in [0.29, 0.717) is 13.2 Å². The summed E-state index contributed by atoms with van der Waals surface area (Å²) in [5.41, 5.74) is -0.708. The van der Waals surface area contributed by atoms with E-state index in [0.717, 1.165) is 12.8 Å². The molecule has 1 aliphatic rings. The van der Waals surface area contributed by atoms with Gasteiger partial charge in [0.2, 0.25) is 5.91 Å². The van der Waals surface area contributed by atoms with Gasteiger partial charge in [0.25, 0.3) is 0 Å². The van der Waals surface area contributed by atoms with Crippen LogP contribution in [0.2, 0.25) is 0 Å². The number of rotatable bonds is 4. The van der Waals surface area contributed by atoms with Crippen LogP contribution in [0.25, 0.3) is 0 Å². The van der Waals surface area contributed by atoms with Gasteiger partial charge >= 0.3 is 5.97 Å². The molecule has 92 valence electrons. The van der Waals surface area contributed by atoms with E-state index >= 15 is 0 Å². The number of ether oxygens (including phenoxy) is 1. The molecule has 1 saturated heterocycles. The number of hydrogen-bond acceptors (Lipinski definition) is 3. The van der Waals surface area contributed by atoms with Crippen LogP contribution in [0.3, 0.4) is 0 Å². The number of carboxylic acids is 1. The normalized spacial score (nSPS) is 21.5. The minimum Gasteiger partial charge on any atom is -0.481 e. The van der Waals surface area contributed by atoms with E-state index in [2.05, 4.69) is 5.32 Å². The first-order valence-corrected chi connectivity index (χ1v) is 5.52. The Kier molecular flexibility index (Phi) is 4.29. The van der Waals surface area contributed by atoms with E-state index in [9.17, 15) is 9.59 Å². The van der Waals surface area contributed by atoms with Gasteiger partial charge in [-0.2, -0.15) is 0 Å². The molecule has 5 nitrogen and oxygen atoms in total. The molecule has 1 unspecified atom stereocenters. The van der Waals surface area contributed by atoms with Crippen LogP contribution in [0.15, 0.2) is 0 Å². The number of nitrogens with one attached hydrogen (secondary N) is 1. The molecule has 1 fully saturated rings. The first kappa shape index (κ1) is 13.0. The number of carbonyl (C=O) groups excluding carboxylic acids is 1. The van der Waals surface area contributed by atoms with Crippen molar-refractivity contribution in [2.45, 2.75) is 38.6 Å². The fourth-order valence-electron chi connectivity index (χ4n) is 1.81. The van der Waals surface area contributed by atoms with E-state index in [1.807, 2.05) is 0 Å². The minimum absolute atomic E-state index is 0.0771. The van der Waals surface area contributed by atoms with Crippen molar-refractivity contribution in [3.05, 3.63) is 0 Å². The van der Waals surface area contributed by atoms with Crippen molar-refractivity contribution >= 4 is 11.9 Å². The highest BCUT2D eigenvalue weighted by atomic mass is 16.5. The molecule has 1 atom stereocenters. The summed E-state index contributed by atoms with van der Waals surface area (Å²) < 4.78 is 5.22. The van der Waals surface area contributed by atoms with Gasteiger partial charge in [0.15, 0.2) is 0 Å². The maximum absolute atomic E-state index is 11.8. The molecule has 0 bridgehead atoms. The highest BCUT2D eigenvalue weighted by Crippen LogP contribution is 2.16. The topological polar surface area (TPSA) is 75.6 Å². The molecule has 0 aromatic carbocycles. The third-order valence-electron chi connectivity index (χ3n) is 2.59. The Hall–Kier alpha value is -1.10. The van der Waals surface area contributed by atoms with Crippen LogP contribution in [0.5, 0.6) is 0 Å². The molecule has 0 saturated carbocycles. The molecule has 5 heteroatoms. The van der Waals surface area contributed by atoms with E-state index in [1.165, 1.54) is 0 Å². The zero-order valence-corrected chi connectivity index (χ0v) is 9.78. The van der Waals surface area contributed by atoms with Gasteiger partial charge < -0.3 is 15.2 Å². The van der Waals surface area contributed by atoms with Gasteiger partial charge in [0, 0.05) is 12.1 Å². The lowest BCUT2D eigenvalue weighted by Gasteiger charge is -2.28. The van der Waals surface area contributed by atoms with Crippen LogP contribution in [0.1, 0.15) is 33.1 Å². The summed E-state index contributed by atoms with van der Waals surface area (Å²) in [6.07, 6.45) is 1.62. The number of hydrogen-bond donors (Lipinski definition) is 2. The monoisotopic (exact) mass is 229 g/mol. The number of aliphatic carboxylic acids is 1. The van der Waals surface area contributed by atoms with Gasteiger partial charge in [0.1, 0.15) is 0 Å². The predicted molar refractivity (Wildman–Crippen MR) is 58.0 cm³/mol. The first-order valence-electron chi connectivity index (χ1n) is 5.52. The van der Waals surface area contributed by atoms with Crippen molar-refractivity contribution in [2.75, 3.05) is 13.2 Å². The summed E-state index contributed by atoms with van der Waals surface area (Å²) in [6.45, 7) is 4.57. The molecule has 16 heavy (non-hydrogen) atoms. The second-order valence-electron chi connectivity index (χ2n) is 4.86. The van der Waals surface area contributed by atoms with E-state index in [1.54, 1.807) is 13.8 Å². The van der Waals surface area contributed by atoms with Crippen molar-refractivity contribution in [3.8, 4) is 0 Å². The summed E-state index contributed by atoms with van der Waals surface area (Å²) in [7, 11) is 0. The largest absolute Gasteiger partial charge is 0.481 e. The summed E-state index contributed by atoms with van der Waals surface area (Å²) in [5, 5.41) is 11.5. The third-order valence-corrected chi connectivity index (χ3v) is 2.59. The molecule has 1 rings (SSSR count). The molecular weight excluding hydrogens is 210 g/mol. The summed E-state index contributed by atoms with van der Waals surface area (Å²) in [6, 6.07) is 0. The van der Waals surface area contributed by atoms with Gasteiger partial charge in [-0.3, -0.25) is 9.59 Å². The zero-order valence-electron chi connectivity index (χ0n) is 9.78. The lowest BCUT2D eigenvalue weighted by atomic mass is 9.96. The average Bonchev–Trinajstić information content (AvgIpc) is 2.16. The highest BCUT2D eigenvalue weighted by Gasteiger charge is 2.28. The molecule has 1 aliphatic heterocycles. The SMILES string of the molecule is CC(C)(CC(=O)O)NC(=O)C1CCCOC1. The standard InChI is InChI=1S/C11H19NO4/c1-11(2,6-9(13)14)12-10(15)8-4-3-5-16-7-8/h8H,3-7H2,1-2H3,(H,12,15)(H,13,14). The van der Waals surface area contributed by atoms with Crippen LogP contribution in [0, 0.1) is 5.92 Å². The number of carbonyl (C=O) groups is 2. The molecule has 0 aromatic rings. The number of amides is 1. The minimum atomic E-state index is -0.912. The quantitative estimate of drug-likeness (QED) is 0.747. The second-order valence-corrected chi connectivity index (χ2v) is 4.86.